The first-order chi connectivity index (χ1) is 11.4. The highest BCUT2D eigenvalue weighted by molar-refractivity contribution is 5.84. The lowest BCUT2D eigenvalue weighted by Crippen LogP contribution is -1.88. The summed E-state index contributed by atoms with van der Waals surface area (Å²) in [6.45, 7) is 0. The van der Waals surface area contributed by atoms with Crippen molar-refractivity contribution in [1.29, 1.82) is 0 Å². The van der Waals surface area contributed by atoms with Crippen LogP contribution in [0.1, 0.15) is 22.4 Å². The zero-order valence-corrected chi connectivity index (χ0v) is 13.0. The van der Waals surface area contributed by atoms with Crippen molar-refractivity contribution in [3.63, 3.8) is 0 Å². The third kappa shape index (κ3) is 3.04. The van der Waals surface area contributed by atoms with Crippen LogP contribution in [0.2, 0.25) is 0 Å². The summed E-state index contributed by atoms with van der Waals surface area (Å²) in [4.78, 5) is 3.57. The van der Waals surface area contributed by atoms with E-state index in [-0.39, 0.29) is 0 Å². The van der Waals surface area contributed by atoms with Crippen LogP contribution in [-0.4, -0.2) is 4.98 Å². The van der Waals surface area contributed by atoms with E-state index < -0.39 is 0 Å². The Bertz CT molecular complexity index is 905. The molecular formula is C22H19N. The second-order valence-corrected chi connectivity index (χ2v) is 6.00. The lowest BCUT2D eigenvalue weighted by molar-refractivity contribution is 1.12. The maximum atomic E-state index is 3.57. The van der Waals surface area contributed by atoms with Crippen LogP contribution in [0, 0.1) is 0 Å². The molecular weight excluding hydrogens is 278 g/mol. The van der Waals surface area contributed by atoms with Crippen molar-refractivity contribution in [1.82, 2.24) is 4.98 Å². The summed E-state index contributed by atoms with van der Waals surface area (Å²) in [5.74, 6) is 0. The molecule has 1 heteroatoms. The van der Waals surface area contributed by atoms with Gasteiger partial charge in [-0.25, -0.2) is 0 Å². The topological polar surface area (TPSA) is 15.8 Å². The van der Waals surface area contributed by atoms with Crippen molar-refractivity contribution in [2.45, 2.75) is 12.8 Å². The van der Waals surface area contributed by atoms with Gasteiger partial charge < -0.3 is 4.98 Å². The van der Waals surface area contributed by atoms with E-state index in [0.29, 0.717) is 0 Å². The Morgan fingerprint density at radius 1 is 0.609 bits per heavy atom. The number of aromatic nitrogens is 1. The molecule has 1 aromatic heterocycles. The third-order valence-corrected chi connectivity index (χ3v) is 4.29. The maximum absolute atomic E-state index is 3.57. The van der Waals surface area contributed by atoms with Crippen molar-refractivity contribution in [3.8, 4) is 0 Å². The van der Waals surface area contributed by atoms with Crippen LogP contribution in [0.3, 0.4) is 0 Å². The van der Waals surface area contributed by atoms with Crippen LogP contribution in [0.4, 0.5) is 0 Å². The number of fused-ring (bicyclic) bond motifs is 1. The van der Waals surface area contributed by atoms with Crippen LogP contribution in [0.15, 0.2) is 84.9 Å². The molecule has 0 saturated heterocycles. The highest BCUT2D eigenvalue weighted by Crippen LogP contribution is 2.23. The van der Waals surface area contributed by atoms with Gasteiger partial charge in [0.05, 0.1) is 0 Å². The van der Waals surface area contributed by atoms with Crippen LogP contribution in [0.5, 0.6) is 0 Å². The molecule has 1 nitrogen and oxygen atoms in total. The molecule has 4 rings (SSSR count). The minimum Gasteiger partial charge on any atom is -0.358 e. The molecule has 0 unspecified atom stereocenters. The van der Waals surface area contributed by atoms with Gasteiger partial charge in [0.2, 0.25) is 0 Å². The molecule has 0 bridgehead atoms. The predicted octanol–water partition coefficient (Wildman–Crippen LogP) is 5.35. The van der Waals surface area contributed by atoms with Crippen molar-refractivity contribution in [3.05, 3.63) is 107 Å². The number of hydrogen-bond donors (Lipinski definition) is 1. The van der Waals surface area contributed by atoms with Crippen molar-refractivity contribution in [2.75, 3.05) is 0 Å². The zero-order chi connectivity index (χ0) is 15.5. The third-order valence-electron chi connectivity index (χ3n) is 4.29. The molecule has 0 spiro atoms. The van der Waals surface area contributed by atoms with Crippen molar-refractivity contribution >= 4 is 10.9 Å². The Balaban J connectivity index is 1.67. The highest BCUT2D eigenvalue weighted by Gasteiger charge is 2.07. The summed E-state index contributed by atoms with van der Waals surface area (Å²) in [6.07, 6.45) is 1.92. The van der Waals surface area contributed by atoms with Gasteiger partial charge in [0.15, 0.2) is 0 Å². The molecule has 0 fully saturated rings. The van der Waals surface area contributed by atoms with Gasteiger partial charge in [-0.1, -0.05) is 72.8 Å². The SMILES string of the molecule is c1ccc(Cc2cc3c(Cc4ccccc4)cccc3[nH]2)cc1. The van der Waals surface area contributed by atoms with E-state index in [1.807, 2.05) is 0 Å². The molecule has 112 valence electrons. The van der Waals surface area contributed by atoms with Gasteiger partial charge in [0, 0.05) is 23.0 Å². The molecule has 4 aromatic rings. The Hall–Kier alpha value is -2.80. The molecule has 0 saturated carbocycles. The first kappa shape index (κ1) is 13.8. The lowest BCUT2D eigenvalue weighted by Gasteiger charge is -2.03. The molecule has 1 N–H and O–H groups in total. The fourth-order valence-corrected chi connectivity index (χ4v) is 3.16. The van der Waals surface area contributed by atoms with E-state index in [2.05, 4.69) is 89.9 Å². The molecule has 23 heavy (non-hydrogen) atoms. The fourth-order valence-electron chi connectivity index (χ4n) is 3.16. The summed E-state index contributed by atoms with van der Waals surface area (Å²) in [5.41, 5.74) is 6.56. The number of benzene rings is 3. The average molecular weight is 297 g/mol. The van der Waals surface area contributed by atoms with E-state index in [1.165, 1.54) is 33.3 Å². The molecule has 0 atom stereocenters. The number of rotatable bonds is 4. The zero-order valence-electron chi connectivity index (χ0n) is 13.0. The van der Waals surface area contributed by atoms with Crippen molar-refractivity contribution < 1.29 is 0 Å². The van der Waals surface area contributed by atoms with Crippen LogP contribution in [-0.2, 0) is 12.8 Å². The summed E-state index contributed by atoms with van der Waals surface area (Å²) in [5, 5.41) is 1.34. The minimum atomic E-state index is 0.945. The molecule has 3 aromatic carbocycles. The van der Waals surface area contributed by atoms with Gasteiger partial charge in [-0.05, 0) is 35.2 Å². The van der Waals surface area contributed by atoms with Gasteiger partial charge in [-0.3, -0.25) is 0 Å². The standard InChI is InChI=1S/C22H19N/c1-3-8-17(9-4-1)14-19-12-7-13-22-21(19)16-20(23-22)15-18-10-5-2-6-11-18/h1-13,16,23H,14-15H2. The van der Waals surface area contributed by atoms with Crippen molar-refractivity contribution in [2.24, 2.45) is 0 Å². The number of hydrogen-bond acceptors (Lipinski definition) is 0. The van der Waals surface area contributed by atoms with Crippen LogP contribution >= 0.6 is 0 Å². The van der Waals surface area contributed by atoms with E-state index >= 15 is 0 Å². The second-order valence-electron chi connectivity index (χ2n) is 6.00. The van der Waals surface area contributed by atoms with Gasteiger partial charge >= 0.3 is 0 Å². The molecule has 0 aliphatic carbocycles. The Morgan fingerprint density at radius 2 is 1.26 bits per heavy atom. The van der Waals surface area contributed by atoms with E-state index in [0.717, 1.165) is 12.8 Å². The molecule has 0 aliphatic rings. The molecule has 0 amide bonds. The van der Waals surface area contributed by atoms with Gasteiger partial charge in [-0.2, -0.15) is 0 Å². The van der Waals surface area contributed by atoms with E-state index in [9.17, 15) is 0 Å². The number of H-pyrrole nitrogens is 1. The summed E-state index contributed by atoms with van der Waals surface area (Å²) >= 11 is 0. The van der Waals surface area contributed by atoms with Gasteiger partial charge in [-0.15, -0.1) is 0 Å². The predicted molar refractivity (Wildman–Crippen MR) is 96.8 cm³/mol. The largest absolute Gasteiger partial charge is 0.358 e. The quantitative estimate of drug-likeness (QED) is 0.522. The molecule has 0 aliphatic heterocycles. The average Bonchev–Trinajstić information content (AvgIpc) is 3.00. The smallest absolute Gasteiger partial charge is 0.0459 e. The minimum absolute atomic E-state index is 0.945. The Kier molecular flexibility index (Phi) is 3.69. The van der Waals surface area contributed by atoms with Gasteiger partial charge in [0.25, 0.3) is 0 Å². The monoisotopic (exact) mass is 297 g/mol. The fraction of sp³-hybridized carbons (Fsp3) is 0.0909. The van der Waals surface area contributed by atoms with E-state index in [4.69, 9.17) is 0 Å². The molecule has 1 heterocycles. The van der Waals surface area contributed by atoms with E-state index in [1.54, 1.807) is 0 Å². The Morgan fingerprint density at radius 3 is 1.96 bits per heavy atom. The summed E-state index contributed by atoms with van der Waals surface area (Å²) in [7, 11) is 0. The maximum Gasteiger partial charge on any atom is 0.0459 e. The van der Waals surface area contributed by atoms with Crippen LogP contribution in [0.25, 0.3) is 10.9 Å². The first-order valence-electron chi connectivity index (χ1n) is 8.06. The van der Waals surface area contributed by atoms with Crippen LogP contribution < -0.4 is 0 Å². The molecule has 0 radical (unpaired) electrons. The number of aromatic amines is 1. The first-order valence-corrected chi connectivity index (χ1v) is 8.06. The highest BCUT2D eigenvalue weighted by atomic mass is 14.7. The summed E-state index contributed by atoms with van der Waals surface area (Å²) < 4.78 is 0. The Labute approximate surface area is 136 Å². The second kappa shape index (κ2) is 6.13. The van der Waals surface area contributed by atoms with Gasteiger partial charge in [0.1, 0.15) is 0 Å². The lowest BCUT2D eigenvalue weighted by atomic mass is 10.0. The summed E-state index contributed by atoms with van der Waals surface area (Å²) in [6, 6.07) is 30.1. The number of nitrogens with one attached hydrogen (secondary N) is 1. The normalized spacial score (nSPS) is 11.0.